The Kier molecular flexibility index (Phi) is 5.71. The summed E-state index contributed by atoms with van der Waals surface area (Å²) in [6.45, 7) is 3.39. The van der Waals surface area contributed by atoms with Crippen molar-refractivity contribution >= 4 is 11.8 Å². The summed E-state index contributed by atoms with van der Waals surface area (Å²) >= 11 is 0. The standard InChI is InChI=1S/C16H20N4O2/c1-2-17-15(21)16(22)19-9-6-11-20-12-10-18-14(20)13-7-4-3-5-8-13/h3-5,7-8,10,12H,2,6,9,11H2,1H3,(H,17,21)(H,19,22). The first-order valence-electron chi connectivity index (χ1n) is 7.35. The summed E-state index contributed by atoms with van der Waals surface area (Å²) in [7, 11) is 0. The van der Waals surface area contributed by atoms with E-state index in [9.17, 15) is 9.59 Å². The smallest absolute Gasteiger partial charge is 0.309 e. The van der Waals surface area contributed by atoms with E-state index in [0.717, 1.165) is 24.4 Å². The molecule has 2 amide bonds. The fourth-order valence-electron chi connectivity index (χ4n) is 2.11. The zero-order valence-electron chi connectivity index (χ0n) is 12.6. The minimum absolute atomic E-state index is 0.446. The zero-order valence-corrected chi connectivity index (χ0v) is 12.6. The largest absolute Gasteiger partial charge is 0.348 e. The van der Waals surface area contributed by atoms with Crippen molar-refractivity contribution in [2.75, 3.05) is 13.1 Å². The number of aryl methyl sites for hydroxylation is 1. The number of amides is 2. The minimum Gasteiger partial charge on any atom is -0.348 e. The number of carbonyl (C=O) groups is 2. The number of carbonyl (C=O) groups excluding carboxylic acids is 2. The van der Waals surface area contributed by atoms with Gasteiger partial charge < -0.3 is 15.2 Å². The normalized spacial score (nSPS) is 10.2. The van der Waals surface area contributed by atoms with Crippen molar-refractivity contribution in [2.45, 2.75) is 19.9 Å². The Labute approximate surface area is 129 Å². The summed E-state index contributed by atoms with van der Waals surface area (Å²) in [6, 6.07) is 9.93. The Morgan fingerprint density at radius 1 is 1.14 bits per heavy atom. The highest BCUT2D eigenvalue weighted by Gasteiger charge is 2.11. The van der Waals surface area contributed by atoms with Gasteiger partial charge in [0.1, 0.15) is 5.82 Å². The number of nitrogens with zero attached hydrogens (tertiary/aromatic N) is 2. The second-order valence-corrected chi connectivity index (χ2v) is 4.78. The first-order valence-corrected chi connectivity index (χ1v) is 7.35. The van der Waals surface area contributed by atoms with Crippen molar-refractivity contribution in [3.8, 4) is 11.4 Å². The van der Waals surface area contributed by atoms with E-state index in [1.54, 1.807) is 13.1 Å². The van der Waals surface area contributed by atoms with Crippen molar-refractivity contribution in [3.05, 3.63) is 42.7 Å². The predicted molar refractivity (Wildman–Crippen MR) is 84.0 cm³/mol. The molecule has 2 aromatic rings. The molecular weight excluding hydrogens is 280 g/mol. The molecule has 0 fully saturated rings. The molecule has 0 saturated carbocycles. The third-order valence-electron chi connectivity index (χ3n) is 3.15. The van der Waals surface area contributed by atoms with Crippen molar-refractivity contribution in [2.24, 2.45) is 0 Å². The number of likely N-dealkylation sites (N-methyl/N-ethyl adjacent to an activating group) is 1. The number of nitrogens with one attached hydrogen (secondary N) is 2. The van der Waals surface area contributed by atoms with Gasteiger partial charge in [0.2, 0.25) is 0 Å². The third-order valence-corrected chi connectivity index (χ3v) is 3.15. The SMILES string of the molecule is CCNC(=O)C(=O)NCCCn1ccnc1-c1ccccc1. The van der Waals surface area contributed by atoms with Gasteiger partial charge in [-0.2, -0.15) is 0 Å². The average Bonchev–Trinajstić information content (AvgIpc) is 3.01. The maximum absolute atomic E-state index is 11.4. The first-order chi connectivity index (χ1) is 10.7. The summed E-state index contributed by atoms with van der Waals surface area (Å²) in [4.78, 5) is 27.1. The Balaban J connectivity index is 1.83. The molecule has 0 aliphatic rings. The van der Waals surface area contributed by atoms with Crippen LogP contribution in [0, 0.1) is 0 Å². The van der Waals surface area contributed by atoms with E-state index in [1.807, 2.05) is 41.1 Å². The zero-order chi connectivity index (χ0) is 15.8. The summed E-state index contributed by atoms with van der Waals surface area (Å²) in [6.07, 6.45) is 4.39. The molecule has 22 heavy (non-hydrogen) atoms. The lowest BCUT2D eigenvalue weighted by atomic mass is 10.2. The quantitative estimate of drug-likeness (QED) is 0.621. The Morgan fingerprint density at radius 3 is 2.59 bits per heavy atom. The van der Waals surface area contributed by atoms with Crippen LogP contribution in [0.5, 0.6) is 0 Å². The fourth-order valence-corrected chi connectivity index (χ4v) is 2.11. The van der Waals surface area contributed by atoms with Crippen molar-refractivity contribution in [3.63, 3.8) is 0 Å². The second-order valence-electron chi connectivity index (χ2n) is 4.78. The highest BCUT2D eigenvalue weighted by molar-refractivity contribution is 6.35. The summed E-state index contributed by atoms with van der Waals surface area (Å²) in [5, 5.41) is 5.07. The number of hydrogen-bond donors (Lipinski definition) is 2. The molecule has 1 heterocycles. The van der Waals surface area contributed by atoms with E-state index >= 15 is 0 Å². The summed E-state index contributed by atoms with van der Waals surface area (Å²) in [5.74, 6) is -0.276. The van der Waals surface area contributed by atoms with Crippen LogP contribution in [0.4, 0.5) is 0 Å². The number of hydrogen-bond acceptors (Lipinski definition) is 3. The maximum atomic E-state index is 11.4. The number of benzene rings is 1. The minimum atomic E-state index is -0.588. The van der Waals surface area contributed by atoms with Crippen LogP contribution in [-0.2, 0) is 16.1 Å². The molecule has 0 aliphatic heterocycles. The first kappa shape index (κ1) is 15.8. The molecule has 2 rings (SSSR count). The van der Waals surface area contributed by atoms with Crippen LogP contribution in [0.15, 0.2) is 42.7 Å². The van der Waals surface area contributed by atoms with E-state index < -0.39 is 11.8 Å². The molecular formula is C16H20N4O2. The summed E-state index contributed by atoms with van der Waals surface area (Å²) in [5.41, 5.74) is 1.05. The van der Waals surface area contributed by atoms with Gasteiger partial charge in [-0.1, -0.05) is 30.3 Å². The molecule has 0 aliphatic carbocycles. The molecule has 0 atom stereocenters. The average molecular weight is 300 g/mol. The van der Waals surface area contributed by atoms with Crippen LogP contribution >= 0.6 is 0 Å². The Bertz CT molecular complexity index is 622. The lowest BCUT2D eigenvalue weighted by Gasteiger charge is -2.09. The van der Waals surface area contributed by atoms with E-state index in [1.165, 1.54) is 0 Å². The molecule has 116 valence electrons. The van der Waals surface area contributed by atoms with Gasteiger partial charge in [0.15, 0.2) is 0 Å². The van der Waals surface area contributed by atoms with Gasteiger partial charge in [0, 0.05) is 37.6 Å². The molecule has 0 radical (unpaired) electrons. The lowest BCUT2D eigenvalue weighted by Crippen LogP contribution is -2.40. The summed E-state index contributed by atoms with van der Waals surface area (Å²) < 4.78 is 2.04. The van der Waals surface area contributed by atoms with Gasteiger partial charge in [-0.3, -0.25) is 9.59 Å². The van der Waals surface area contributed by atoms with Crippen molar-refractivity contribution < 1.29 is 9.59 Å². The second kappa shape index (κ2) is 7.97. The number of rotatable bonds is 6. The predicted octanol–water partition coefficient (Wildman–Crippen LogP) is 1.19. The highest BCUT2D eigenvalue weighted by atomic mass is 16.2. The molecule has 6 heteroatoms. The van der Waals surface area contributed by atoms with E-state index in [4.69, 9.17) is 0 Å². The highest BCUT2D eigenvalue weighted by Crippen LogP contribution is 2.16. The van der Waals surface area contributed by atoms with Crippen molar-refractivity contribution in [1.29, 1.82) is 0 Å². The molecule has 0 spiro atoms. The van der Waals surface area contributed by atoms with Gasteiger partial charge in [-0.25, -0.2) is 4.98 Å². The Hall–Kier alpha value is -2.63. The van der Waals surface area contributed by atoms with Crippen LogP contribution in [-0.4, -0.2) is 34.5 Å². The third kappa shape index (κ3) is 4.18. The van der Waals surface area contributed by atoms with Gasteiger partial charge in [0.25, 0.3) is 0 Å². The van der Waals surface area contributed by atoms with Crippen LogP contribution < -0.4 is 10.6 Å². The molecule has 0 unspecified atom stereocenters. The molecule has 0 saturated heterocycles. The van der Waals surface area contributed by atoms with Gasteiger partial charge >= 0.3 is 11.8 Å². The van der Waals surface area contributed by atoms with Crippen LogP contribution in [0.2, 0.25) is 0 Å². The van der Waals surface area contributed by atoms with Crippen LogP contribution in [0.1, 0.15) is 13.3 Å². The maximum Gasteiger partial charge on any atom is 0.309 e. The molecule has 1 aromatic heterocycles. The van der Waals surface area contributed by atoms with E-state index in [2.05, 4.69) is 15.6 Å². The fraction of sp³-hybridized carbons (Fsp3) is 0.312. The molecule has 1 aromatic carbocycles. The van der Waals surface area contributed by atoms with E-state index in [-0.39, 0.29) is 0 Å². The number of aromatic nitrogens is 2. The molecule has 6 nitrogen and oxygen atoms in total. The topological polar surface area (TPSA) is 76.0 Å². The van der Waals surface area contributed by atoms with Crippen LogP contribution in [0.3, 0.4) is 0 Å². The Morgan fingerprint density at radius 2 is 1.86 bits per heavy atom. The molecule has 2 N–H and O–H groups in total. The van der Waals surface area contributed by atoms with Crippen LogP contribution in [0.25, 0.3) is 11.4 Å². The number of imidazole rings is 1. The van der Waals surface area contributed by atoms with Crippen molar-refractivity contribution in [1.82, 2.24) is 20.2 Å². The molecule has 0 bridgehead atoms. The van der Waals surface area contributed by atoms with Gasteiger partial charge in [-0.15, -0.1) is 0 Å². The lowest BCUT2D eigenvalue weighted by molar-refractivity contribution is -0.139. The monoisotopic (exact) mass is 300 g/mol. The van der Waals surface area contributed by atoms with E-state index in [0.29, 0.717) is 13.1 Å². The van der Waals surface area contributed by atoms with Gasteiger partial charge in [-0.05, 0) is 13.3 Å². The van der Waals surface area contributed by atoms with Gasteiger partial charge in [0.05, 0.1) is 0 Å².